The number of hydrogen-bond donors (Lipinski definition) is 0. The molecule has 2 heteroatoms. The Morgan fingerprint density at radius 2 is 2.00 bits per heavy atom. The molecule has 0 heterocycles. The quantitative estimate of drug-likeness (QED) is 0.645. The van der Waals surface area contributed by atoms with E-state index in [0.29, 0.717) is 19.3 Å². The maximum atomic E-state index is 11.6. The van der Waals surface area contributed by atoms with Gasteiger partial charge in [-0.3, -0.25) is 4.79 Å². The molecule has 0 N–H and O–H groups in total. The Labute approximate surface area is 103 Å². The largest absolute Gasteiger partial charge is 0.303 e. The number of Topliss-reactive ketones (excluding diaryl/α,β-unsaturated/α-hetero) is 1. The molecule has 1 aromatic carbocycles. The molecule has 0 aromatic heterocycles. The SMILES string of the molecule is CCCCC(=O)CC(C=O)Cc1ccccc1. The van der Waals surface area contributed by atoms with Crippen LogP contribution < -0.4 is 0 Å². The lowest BCUT2D eigenvalue weighted by Gasteiger charge is -2.09. The molecular formula is C15H20O2. The molecule has 0 aliphatic rings. The van der Waals surface area contributed by atoms with Crippen LogP contribution in [0.2, 0.25) is 0 Å². The van der Waals surface area contributed by atoms with Crippen molar-refractivity contribution in [2.75, 3.05) is 0 Å². The lowest BCUT2D eigenvalue weighted by molar-refractivity contribution is -0.122. The number of carbonyl (C=O) groups excluding carboxylic acids is 2. The van der Waals surface area contributed by atoms with Crippen molar-refractivity contribution in [2.24, 2.45) is 5.92 Å². The molecule has 17 heavy (non-hydrogen) atoms. The first-order valence-electron chi connectivity index (χ1n) is 6.27. The van der Waals surface area contributed by atoms with Crippen LogP contribution in [-0.4, -0.2) is 12.1 Å². The van der Waals surface area contributed by atoms with Gasteiger partial charge in [-0.1, -0.05) is 43.7 Å². The third-order valence-electron chi connectivity index (χ3n) is 2.83. The highest BCUT2D eigenvalue weighted by Crippen LogP contribution is 2.12. The Morgan fingerprint density at radius 1 is 1.29 bits per heavy atom. The molecule has 0 amide bonds. The van der Waals surface area contributed by atoms with E-state index in [1.165, 1.54) is 0 Å². The predicted molar refractivity (Wildman–Crippen MR) is 68.8 cm³/mol. The summed E-state index contributed by atoms with van der Waals surface area (Å²) in [6.07, 6.45) is 4.53. The number of ketones is 1. The number of benzene rings is 1. The summed E-state index contributed by atoms with van der Waals surface area (Å²) < 4.78 is 0. The average molecular weight is 232 g/mol. The molecule has 0 fully saturated rings. The van der Waals surface area contributed by atoms with Crippen LogP contribution in [0.5, 0.6) is 0 Å². The lowest BCUT2D eigenvalue weighted by atomic mass is 9.94. The molecule has 1 rings (SSSR count). The van der Waals surface area contributed by atoms with Crippen molar-refractivity contribution in [2.45, 2.75) is 39.0 Å². The van der Waals surface area contributed by atoms with Gasteiger partial charge in [-0.15, -0.1) is 0 Å². The second-order valence-corrected chi connectivity index (χ2v) is 4.43. The number of rotatable bonds is 8. The van der Waals surface area contributed by atoms with Crippen LogP contribution in [0.3, 0.4) is 0 Å². The van der Waals surface area contributed by atoms with Gasteiger partial charge in [0.05, 0.1) is 0 Å². The highest BCUT2D eigenvalue weighted by molar-refractivity contribution is 5.81. The Balaban J connectivity index is 2.44. The molecule has 0 bridgehead atoms. The van der Waals surface area contributed by atoms with Crippen LogP contribution in [0.25, 0.3) is 0 Å². The van der Waals surface area contributed by atoms with Gasteiger partial charge in [-0.25, -0.2) is 0 Å². The summed E-state index contributed by atoms with van der Waals surface area (Å²) >= 11 is 0. The minimum Gasteiger partial charge on any atom is -0.303 e. The second-order valence-electron chi connectivity index (χ2n) is 4.43. The van der Waals surface area contributed by atoms with Gasteiger partial charge in [0.25, 0.3) is 0 Å². The molecule has 1 atom stereocenters. The summed E-state index contributed by atoms with van der Waals surface area (Å²) in [5.41, 5.74) is 1.12. The van der Waals surface area contributed by atoms with Crippen LogP contribution in [0.15, 0.2) is 30.3 Å². The van der Waals surface area contributed by atoms with E-state index in [1.54, 1.807) is 0 Å². The monoisotopic (exact) mass is 232 g/mol. The van der Waals surface area contributed by atoms with E-state index in [2.05, 4.69) is 6.92 Å². The lowest BCUT2D eigenvalue weighted by Crippen LogP contribution is -2.12. The van der Waals surface area contributed by atoms with Crippen molar-refractivity contribution in [1.82, 2.24) is 0 Å². The van der Waals surface area contributed by atoms with Crippen LogP contribution in [0, 0.1) is 5.92 Å². The van der Waals surface area contributed by atoms with Gasteiger partial charge in [-0.05, 0) is 18.4 Å². The smallest absolute Gasteiger partial charge is 0.133 e. The molecule has 0 aliphatic carbocycles. The number of aldehydes is 1. The third kappa shape index (κ3) is 5.43. The van der Waals surface area contributed by atoms with Gasteiger partial charge in [0, 0.05) is 18.8 Å². The fourth-order valence-electron chi connectivity index (χ4n) is 1.85. The number of carbonyl (C=O) groups is 2. The minimum absolute atomic E-state index is 0.165. The summed E-state index contributed by atoms with van der Waals surface area (Å²) in [7, 11) is 0. The van der Waals surface area contributed by atoms with E-state index in [4.69, 9.17) is 0 Å². The van der Waals surface area contributed by atoms with Crippen LogP contribution in [0.4, 0.5) is 0 Å². The Hall–Kier alpha value is -1.44. The molecule has 1 unspecified atom stereocenters. The van der Waals surface area contributed by atoms with Gasteiger partial charge in [0.1, 0.15) is 12.1 Å². The third-order valence-corrected chi connectivity index (χ3v) is 2.83. The van der Waals surface area contributed by atoms with E-state index in [1.807, 2.05) is 30.3 Å². The Bertz CT molecular complexity index is 343. The molecule has 0 spiro atoms. The summed E-state index contributed by atoms with van der Waals surface area (Å²) in [5.74, 6) is 0.0432. The first-order chi connectivity index (χ1) is 8.26. The summed E-state index contributed by atoms with van der Waals surface area (Å²) in [5, 5.41) is 0. The van der Waals surface area contributed by atoms with Crippen molar-refractivity contribution >= 4 is 12.1 Å². The maximum Gasteiger partial charge on any atom is 0.133 e. The summed E-state index contributed by atoms with van der Waals surface area (Å²) in [6, 6.07) is 9.85. The molecule has 1 aromatic rings. The topological polar surface area (TPSA) is 34.1 Å². The average Bonchev–Trinajstić information content (AvgIpc) is 2.36. The molecule has 0 saturated carbocycles. The Morgan fingerprint density at radius 3 is 2.59 bits per heavy atom. The van der Waals surface area contributed by atoms with Crippen molar-refractivity contribution in [1.29, 1.82) is 0 Å². The van der Waals surface area contributed by atoms with Crippen molar-refractivity contribution < 1.29 is 9.59 Å². The highest BCUT2D eigenvalue weighted by atomic mass is 16.1. The summed E-state index contributed by atoms with van der Waals surface area (Å²) in [4.78, 5) is 22.6. The minimum atomic E-state index is -0.165. The van der Waals surface area contributed by atoms with Gasteiger partial charge in [0.2, 0.25) is 0 Å². The number of hydrogen-bond acceptors (Lipinski definition) is 2. The zero-order chi connectivity index (χ0) is 12.5. The van der Waals surface area contributed by atoms with Gasteiger partial charge >= 0.3 is 0 Å². The van der Waals surface area contributed by atoms with E-state index >= 15 is 0 Å². The number of unbranched alkanes of at least 4 members (excludes halogenated alkanes) is 1. The van der Waals surface area contributed by atoms with Crippen LogP contribution in [-0.2, 0) is 16.0 Å². The van der Waals surface area contributed by atoms with Gasteiger partial charge < -0.3 is 4.79 Å². The fourth-order valence-corrected chi connectivity index (χ4v) is 1.85. The summed E-state index contributed by atoms with van der Waals surface area (Å²) in [6.45, 7) is 2.06. The Kier molecular flexibility index (Phi) is 6.23. The van der Waals surface area contributed by atoms with Crippen LogP contribution in [0.1, 0.15) is 38.2 Å². The van der Waals surface area contributed by atoms with E-state index < -0.39 is 0 Å². The van der Waals surface area contributed by atoms with Gasteiger partial charge in [-0.2, -0.15) is 0 Å². The predicted octanol–water partition coefficient (Wildman–Crippen LogP) is 3.19. The first-order valence-corrected chi connectivity index (χ1v) is 6.27. The molecule has 0 saturated heterocycles. The first kappa shape index (κ1) is 13.6. The van der Waals surface area contributed by atoms with Crippen molar-refractivity contribution in [3.05, 3.63) is 35.9 Å². The normalized spacial score (nSPS) is 12.1. The standard InChI is InChI=1S/C15H20O2/c1-2-3-9-15(17)11-14(12-16)10-13-7-5-4-6-8-13/h4-8,12,14H,2-3,9-11H2,1H3. The van der Waals surface area contributed by atoms with Gasteiger partial charge in [0.15, 0.2) is 0 Å². The molecule has 0 aliphatic heterocycles. The molecule has 92 valence electrons. The highest BCUT2D eigenvalue weighted by Gasteiger charge is 2.13. The maximum absolute atomic E-state index is 11.6. The molecular weight excluding hydrogens is 212 g/mol. The second kappa shape index (κ2) is 7.77. The fraction of sp³-hybridized carbons (Fsp3) is 0.467. The zero-order valence-corrected chi connectivity index (χ0v) is 10.4. The van der Waals surface area contributed by atoms with Crippen molar-refractivity contribution in [3.63, 3.8) is 0 Å². The molecule has 2 nitrogen and oxygen atoms in total. The van der Waals surface area contributed by atoms with E-state index in [0.717, 1.165) is 24.7 Å². The van der Waals surface area contributed by atoms with Crippen molar-refractivity contribution in [3.8, 4) is 0 Å². The van der Waals surface area contributed by atoms with Crippen LogP contribution >= 0.6 is 0 Å². The van der Waals surface area contributed by atoms with E-state index in [9.17, 15) is 9.59 Å². The zero-order valence-electron chi connectivity index (χ0n) is 10.4. The van der Waals surface area contributed by atoms with E-state index in [-0.39, 0.29) is 11.7 Å². The molecule has 0 radical (unpaired) electrons.